The van der Waals surface area contributed by atoms with Crippen molar-refractivity contribution >= 4 is 35.7 Å². The topological polar surface area (TPSA) is 43.2 Å². The fourth-order valence-corrected chi connectivity index (χ4v) is 9.59. The molecular formula is C65H97N2O4+. The number of unbranched alkanes of at least 4 members (excludes halogenated alkanes) is 20. The molecule has 3 aromatic carbocycles. The molecule has 0 unspecified atom stereocenters. The highest BCUT2D eigenvalue weighted by molar-refractivity contribution is 6.02. The second kappa shape index (κ2) is 36.0. The number of rotatable bonds is 37. The van der Waals surface area contributed by atoms with E-state index in [1.165, 1.54) is 165 Å². The van der Waals surface area contributed by atoms with Gasteiger partial charge in [0.25, 0.3) is 0 Å². The lowest BCUT2D eigenvalue weighted by molar-refractivity contribution is -0.527. The van der Waals surface area contributed by atoms with Crippen LogP contribution in [0.5, 0.6) is 23.0 Å². The van der Waals surface area contributed by atoms with Gasteiger partial charge in [0.2, 0.25) is 0 Å². The van der Waals surface area contributed by atoms with E-state index < -0.39 is 0 Å². The zero-order chi connectivity index (χ0) is 50.7. The van der Waals surface area contributed by atoms with E-state index in [2.05, 4.69) is 134 Å². The van der Waals surface area contributed by atoms with Gasteiger partial charge in [-0.15, -0.1) is 0 Å². The Morgan fingerprint density at radius 1 is 0.437 bits per heavy atom. The van der Waals surface area contributed by atoms with Crippen molar-refractivity contribution in [3.8, 4) is 23.0 Å². The first-order valence-corrected chi connectivity index (χ1v) is 28.3. The molecule has 0 aromatic heterocycles. The van der Waals surface area contributed by atoms with Crippen LogP contribution in [0.1, 0.15) is 198 Å². The molecule has 0 heterocycles. The average molecular weight is 971 g/mol. The van der Waals surface area contributed by atoms with Crippen LogP contribution in [-0.2, 0) is 0 Å². The number of anilines is 1. The summed E-state index contributed by atoms with van der Waals surface area (Å²) < 4.78 is 26.7. The smallest absolute Gasteiger partial charge is 0.199 e. The molecule has 71 heavy (non-hydrogen) atoms. The van der Waals surface area contributed by atoms with E-state index >= 15 is 0 Å². The summed E-state index contributed by atoms with van der Waals surface area (Å²) in [4.78, 5) is 2.62. The normalized spacial score (nSPS) is 12.2. The van der Waals surface area contributed by atoms with Gasteiger partial charge in [-0.05, 0) is 102 Å². The SMILES string of the molecule is CCCCCCCCN(CCCCCCCC)c1ccc(/C=C/c2cc(OC)c(C=c3c(OC)cc(=CC=C4C=CC(=[N+](CCCCCCCC)CCCCCCCC)C=C4)cc3OC)c(OC)c2)cc1. The summed E-state index contributed by atoms with van der Waals surface area (Å²) in [5.74, 6) is 2.81. The Morgan fingerprint density at radius 2 is 0.859 bits per heavy atom. The fraction of sp³-hybridized carbons (Fsp3) is 0.554. The van der Waals surface area contributed by atoms with Crippen LogP contribution >= 0.6 is 0 Å². The Morgan fingerprint density at radius 3 is 1.31 bits per heavy atom. The van der Waals surface area contributed by atoms with Crippen LogP contribution in [-0.4, -0.2) is 64.9 Å². The minimum Gasteiger partial charge on any atom is -0.496 e. The van der Waals surface area contributed by atoms with Crippen molar-refractivity contribution in [1.82, 2.24) is 0 Å². The van der Waals surface area contributed by atoms with E-state index in [4.69, 9.17) is 18.9 Å². The summed E-state index contributed by atoms with van der Waals surface area (Å²) in [6.07, 6.45) is 51.4. The van der Waals surface area contributed by atoms with Crippen LogP contribution in [0.25, 0.3) is 24.3 Å². The molecule has 0 saturated heterocycles. The molecule has 0 fully saturated rings. The van der Waals surface area contributed by atoms with E-state index in [-0.39, 0.29) is 0 Å². The molecule has 3 aromatic rings. The van der Waals surface area contributed by atoms with Gasteiger partial charge < -0.3 is 23.8 Å². The molecule has 0 aliphatic heterocycles. The van der Waals surface area contributed by atoms with Crippen molar-refractivity contribution in [1.29, 1.82) is 0 Å². The Bertz CT molecular complexity index is 2120. The van der Waals surface area contributed by atoms with E-state index in [0.29, 0.717) is 23.0 Å². The van der Waals surface area contributed by atoms with Gasteiger partial charge in [0.1, 0.15) is 36.1 Å². The number of nitrogens with zero attached hydrogens (tertiary/aromatic N) is 2. The van der Waals surface area contributed by atoms with Gasteiger partial charge in [0.15, 0.2) is 5.71 Å². The zero-order valence-electron chi connectivity index (χ0n) is 46.1. The third-order valence-electron chi connectivity index (χ3n) is 14.0. The predicted molar refractivity (Wildman–Crippen MR) is 309 cm³/mol. The number of methoxy groups -OCH3 is 4. The molecule has 0 atom stereocenters. The third kappa shape index (κ3) is 21.7. The number of hydrogen-bond acceptors (Lipinski definition) is 5. The van der Waals surface area contributed by atoms with E-state index in [1.807, 2.05) is 6.08 Å². The number of hydrogen-bond donors (Lipinski definition) is 0. The second-order valence-corrected chi connectivity index (χ2v) is 19.7. The van der Waals surface area contributed by atoms with Crippen LogP contribution in [0.15, 0.2) is 84.5 Å². The van der Waals surface area contributed by atoms with Crippen molar-refractivity contribution in [2.75, 3.05) is 59.5 Å². The van der Waals surface area contributed by atoms with Crippen LogP contribution in [0.3, 0.4) is 0 Å². The lowest BCUT2D eigenvalue weighted by atomic mass is 10.0. The quantitative estimate of drug-likeness (QED) is 0.0327. The minimum absolute atomic E-state index is 0.702. The molecule has 0 spiro atoms. The molecule has 4 rings (SSSR count). The zero-order valence-corrected chi connectivity index (χ0v) is 46.1. The van der Waals surface area contributed by atoms with Crippen LogP contribution in [0, 0.1) is 0 Å². The summed E-state index contributed by atoms with van der Waals surface area (Å²) in [5.41, 5.74) is 6.77. The Labute approximate surface area is 433 Å². The Balaban J connectivity index is 1.52. The molecule has 6 heteroatoms. The highest BCUT2D eigenvalue weighted by Crippen LogP contribution is 2.33. The van der Waals surface area contributed by atoms with Crippen molar-refractivity contribution in [3.05, 3.63) is 112 Å². The van der Waals surface area contributed by atoms with E-state index in [1.54, 1.807) is 28.4 Å². The van der Waals surface area contributed by atoms with Crippen molar-refractivity contribution in [2.24, 2.45) is 0 Å². The maximum atomic E-state index is 6.02. The summed E-state index contributed by atoms with van der Waals surface area (Å²) in [6.45, 7) is 13.7. The molecule has 0 saturated carbocycles. The molecule has 6 nitrogen and oxygen atoms in total. The number of benzene rings is 3. The van der Waals surface area contributed by atoms with Gasteiger partial charge in [-0.1, -0.05) is 180 Å². The molecule has 390 valence electrons. The summed E-state index contributed by atoms with van der Waals surface area (Å²) >= 11 is 0. The van der Waals surface area contributed by atoms with Gasteiger partial charge in [-0.25, -0.2) is 4.58 Å². The lowest BCUT2D eigenvalue weighted by Gasteiger charge is -2.25. The molecule has 1 aliphatic carbocycles. The monoisotopic (exact) mass is 970 g/mol. The third-order valence-corrected chi connectivity index (χ3v) is 14.0. The first-order chi connectivity index (χ1) is 34.9. The summed E-state index contributed by atoms with van der Waals surface area (Å²) in [5, 5.41) is 1.80. The van der Waals surface area contributed by atoms with Gasteiger partial charge >= 0.3 is 0 Å². The highest BCUT2D eigenvalue weighted by Gasteiger charge is 2.15. The van der Waals surface area contributed by atoms with Gasteiger partial charge in [0, 0.05) is 43.8 Å². The summed E-state index contributed by atoms with van der Waals surface area (Å²) in [7, 11) is 6.83. The second-order valence-electron chi connectivity index (χ2n) is 19.7. The van der Waals surface area contributed by atoms with Gasteiger partial charge in [-0.3, -0.25) is 0 Å². The first-order valence-electron chi connectivity index (χ1n) is 28.3. The molecule has 0 N–H and O–H groups in total. The van der Waals surface area contributed by atoms with E-state index in [9.17, 15) is 0 Å². The number of ether oxygens (including phenoxy) is 4. The van der Waals surface area contributed by atoms with Gasteiger partial charge in [-0.2, -0.15) is 0 Å². The maximum absolute atomic E-state index is 6.02. The van der Waals surface area contributed by atoms with Crippen molar-refractivity contribution in [3.63, 3.8) is 0 Å². The van der Waals surface area contributed by atoms with Crippen LogP contribution in [0.2, 0.25) is 0 Å². The van der Waals surface area contributed by atoms with Gasteiger partial charge in [0.05, 0.1) is 39.2 Å². The Kier molecular flexibility index (Phi) is 29.7. The van der Waals surface area contributed by atoms with E-state index in [0.717, 1.165) is 58.9 Å². The largest absolute Gasteiger partial charge is 0.496 e. The molecule has 0 bridgehead atoms. The molecule has 0 radical (unpaired) electrons. The predicted octanol–water partition coefficient (Wildman–Crippen LogP) is 16.3. The summed E-state index contributed by atoms with van der Waals surface area (Å²) in [6, 6.07) is 17.3. The van der Waals surface area contributed by atoms with Crippen LogP contribution < -0.4 is 34.3 Å². The Hall–Kier alpha value is -4.97. The molecule has 1 aliphatic rings. The molecular weight excluding hydrogens is 873 g/mol. The van der Waals surface area contributed by atoms with Crippen molar-refractivity contribution < 1.29 is 23.5 Å². The van der Waals surface area contributed by atoms with Crippen LogP contribution in [0.4, 0.5) is 5.69 Å². The molecule has 0 amide bonds. The fourth-order valence-electron chi connectivity index (χ4n) is 9.59. The highest BCUT2D eigenvalue weighted by atomic mass is 16.5. The first kappa shape index (κ1) is 58.6. The number of allylic oxidation sites excluding steroid dienone is 6. The lowest BCUT2D eigenvalue weighted by Crippen LogP contribution is -2.25. The van der Waals surface area contributed by atoms with Crippen molar-refractivity contribution in [2.45, 2.75) is 182 Å². The standard InChI is InChI=1S/C65H97N2O4/c1-9-13-17-21-25-29-45-66(46-30-26-22-18-14-10-2)58-41-37-54(38-42-58)33-35-56-49-62(68-5)60(63(50-56)69-6)53-61-64(70-7)51-57(52-65(61)71-8)36-34-55-39-43-59(44-40-55)67(47-31-27-23-19-15-11-3)48-32-28-24-20-16-12-4/h33-44,49-53H,9-32,45-48H2,1-8H3/q+1. The maximum Gasteiger partial charge on any atom is 0.199 e. The minimum atomic E-state index is 0.702. The average Bonchev–Trinajstić information content (AvgIpc) is 3.40.